The van der Waals surface area contributed by atoms with Crippen LogP contribution >= 0.6 is 0 Å². The van der Waals surface area contributed by atoms with Crippen LogP contribution in [0.5, 0.6) is 5.75 Å². The number of aromatic nitrogens is 4. The van der Waals surface area contributed by atoms with E-state index in [1.165, 1.54) is 23.6 Å². The van der Waals surface area contributed by atoms with Crippen molar-refractivity contribution in [2.45, 2.75) is 63.7 Å². The maximum atomic E-state index is 13.6. The zero-order valence-electron chi connectivity index (χ0n) is 21.7. The van der Waals surface area contributed by atoms with Gasteiger partial charge in [-0.15, -0.1) is 0 Å². The molecule has 2 N–H and O–H groups in total. The molecule has 1 spiro atoms. The molecule has 0 unspecified atom stereocenters. The van der Waals surface area contributed by atoms with E-state index < -0.39 is 18.3 Å². The van der Waals surface area contributed by atoms with Gasteiger partial charge >= 0.3 is 6.18 Å². The number of anilines is 1. The van der Waals surface area contributed by atoms with Crippen molar-refractivity contribution in [3.8, 4) is 5.75 Å². The zero-order valence-corrected chi connectivity index (χ0v) is 21.7. The Morgan fingerprint density at radius 2 is 2.05 bits per heavy atom. The molecule has 2 amide bonds. The van der Waals surface area contributed by atoms with E-state index in [4.69, 9.17) is 9.84 Å². The third kappa shape index (κ3) is 4.87. The van der Waals surface area contributed by atoms with E-state index >= 15 is 0 Å². The van der Waals surface area contributed by atoms with Crippen LogP contribution in [-0.4, -0.2) is 44.2 Å². The molecule has 3 heterocycles. The lowest BCUT2D eigenvalue weighted by Gasteiger charge is -2.35. The Morgan fingerprint density at radius 1 is 1.26 bits per heavy atom. The summed E-state index contributed by atoms with van der Waals surface area (Å²) < 4.78 is 46.0. The molecule has 9 nitrogen and oxygen atoms in total. The minimum atomic E-state index is -4.42. The number of hydrogen-bond acceptors (Lipinski definition) is 5. The summed E-state index contributed by atoms with van der Waals surface area (Å²) in [5, 5.41) is 15.1. The maximum absolute atomic E-state index is 13.6. The number of aryl methyl sites for hydroxylation is 4. The highest BCUT2D eigenvalue weighted by atomic mass is 19.4. The van der Waals surface area contributed by atoms with Gasteiger partial charge in [0.25, 0.3) is 11.8 Å². The predicted molar refractivity (Wildman–Crippen MR) is 135 cm³/mol. The minimum Gasteiger partial charge on any atom is -0.484 e. The molecule has 2 aromatic heterocycles. The van der Waals surface area contributed by atoms with Crippen molar-refractivity contribution >= 4 is 17.6 Å². The van der Waals surface area contributed by atoms with Gasteiger partial charge in [0.2, 0.25) is 0 Å². The van der Waals surface area contributed by atoms with E-state index in [-0.39, 0.29) is 17.6 Å². The summed E-state index contributed by atoms with van der Waals surface area (Å²) >= 11 is 0. The summed E-state index contributed by atoms with van der Waals surface area (Å²) in [7, 11) is 1.69. The number of nitrogens with zero attached hydrogens (tertiary/aromatic N) is 4. The quantitative estimate of drug-likeness (QED) is 0.469. The Bertz CT molecular complexity index is 1470. The third-order valence-electron chi connectivity index (χ3n) is 7.80. The van der Waals surface area contributed by atoms with E-state index in [1.54, 1.807) is 36.9 Å². The fraction of sp³-hybridized carbons (Fsp3) is 0.481. The minimum absolute atomic E-state index is 0.144. The van der Waals surface area contributed by atoms with Crippen LogP contribution in [0.4, 0.5) is 19.0 Å². The van der Waals surface area contributed by atoms with Crippen LogP contribution in [0.15, 0.2) is 24.3 Å². The smallest absolute Gasteiger partial charge is 0.422 e. The first kappa shape index (κ1) is 25.4. The van der Waals surface area contributed by atoms with Gasteiger partial charge < -0.3 is 15.4 Å². The lowest BCUT2D eigenvalue weighted by Crippen LogP contribution is -2.49. The predicted octanol–water partition coefficient (Wildman–Crippen LogP) is 4.05. The van der Waals surface area contributed by atoms with Gasteiger partial charge in [-0.25, -0.2) is 4.68 Å². The molecule has 1 aliphatic heterocycles. The Labute approximate surface area is 222 Å². The summed E-state index contributed by atoms with van der Waals surface area (Å²) in [4.78, 5) is 26.8. The topological polar surface area (TPSA) is 103 Å². The number of halogens is 3. The number of ether oxygens (including phenoxy) is 1. The van der Waals surface area contributed by atoms with Crippen LogP contribution in [0, 0.1) is 12.8 Å². The first-order valence-corrected chi connectivity index (χ1v) is 13.1. The second kappa shape index (κ2) is 9.13. The molecule has 1 fully saturated rings. The maximum Gasteiger partial charge on any atom is 0.422 e. The molecule has 1 saturated carbocycles. The third-order valence-corrected chi connectivity index (χ3v) is 7.80. The number of hydrogen-bond donors (Lipinski definition) is 2. The van der Waals surface area contributed by atoms with Crippen LogP contribution in [0.1, 0.15) is 69.0 Å². The lowest BCUT2D eigenvalue weighted by molar-refractivity contribution is -0.153. The fourth-order valence-electron chi connectivity index (χ4n) is 5.77. The van der Waals surface area contributed by atoms with Gasteiger partial charge in [-0.05, 0) is 61.4 Å². The van der Waals surface area contributed by atoms with Gasteiger partial charge in [-0.1, -0.05) is 18.9 Å². The number of benzene rings is 1. The van der Waals surface area contributed by atoms with Crippen LogP contribution < -0.4 is 15.4 Å². The van der Waals surface area contributed by atoms with Gasteiger partial charge in [0.05, 0.1) is 16.9 Å². The van der Waals surface area contributed by atoms with E-state index in [0.29, 0.717) is 60.2 Å². The van der Waals surface area contributed by atoms with Crippen LogP contribution in [0.25, 0.3) is 0 Å². The van der Waals surface area contributed by atoms with Gasteiger partial charge in [0.1, 0.15) is 22.8 Å². The fourth-order valence-corrected chi connectivity index (χ4v) is 5.77. The van der Waals surface area contributed by atoms with Crippen molar-refractivity contribution in [1.82, 2.24) is 24.9 Å². The Kier molecular flexibility index (Phi) is 5.96. The zero-order chi connectivity index (χ0) is 27.5. The molecule has 0 bridgehead atoms. The normalized spacial score (nSPS) is 20.1. The highest BCUT2D eigenvalue weighted by molar-refractivity contribution is 6.09. The van der Waals surface area contributed by atoms with Gasteiger partial charge in [0.15, 0.2) is 6.61 Å². The summed E-state index contributed by atoms with van der Waals surface area (Å²) in [6, 6.07) is 6.54. The Morgan fingerprint density at radius 3 is 2.74 bits per heavy atom. The first-order valence-electron chi connectivity index (χ1n) is 13.1. The highest BCUT2D eigenvalue weighted by Gasteiger charge is 2.47. The molecule has 1 aromatic carbocycles. The standard InChI is InChI=1S/C27H29F3N6O3/c1-15-11-21(35(2)33-15)24(37)31-23-22-20(34-36(23)10-8-16-3-4-16)13-26(32-25(22)38)9-7-17-12-18(5-6-19(17)26)39-14-27(28,29)30/h5-6,11-12,16H,3-4,7-10,13-14H2,1-2H3,(H,31,37)(H,32,38)/t26-/m0/s1. The summed E-state index contributed by atoms with van der Waals surface area (Å²) in [6.07, 6.45) is 0.409. The van der Waals surface area contributed by atoms with E-state index in [0.717, 1.165) is 17.5 Å². The SMILES string of the molecule is Cc1cc(C(=O)Nc2c3c(nn2CCC2CC2)C[C@]2(CCc4cc(OCC(F)(F)F)ccc42)NC3=O)n(C)n1. The van der Waals surface area contributed by atoms with E-state index in [2.05, 4.69) is 15.7 Å². The molecule has 0 saturated heterocycles. The van der Waals surface area contributed by atoms with Crippen molar-refractivity contribution in [2.24, 2.45) is 13.0 Å². The Balaban J connectivity index is 1.30. The van der Waals surface area contributed by atoms with Gasteiger partial charge in [-0.2, -0.15) is 23.4 Å². The van der Waals surface area contributed by atoms with Gasteiger partial charge in [-0.3, -0.25) is 14.3 Å². The average molecular weight is 543 g/mol. The van der Waals surface area contributed by atoms with E-state index in [1.807, 2.05) is 0 Å². The number of alkyl halides is 3. The first-order chi connectivity index (χ1) is 18.5. The van der Waals surface area contributed by atoms with Crippen LogP contribution in [-0.2, 0) is 32.0 Å². The molecule has 3 aromatic rings. The molecular weight excluding hydrogens is 513 g/mol. The Hall–Kier alpha value is -3.83. The number of carbonyl (C=O) groups excluding carboxylic acids is 2. The number of nitrogens with one attached hydrogen (secondary N) is 2. The summed E-state index contributed by atoms with van der Waals surface area (Å²) in [6.45, 7) is 1.02. The molecule has 6 rings (SSSR count). The second-order valence-electron chi connectivity index (χ2n) is 10.8. The summed E-state index contributed by atoms with van der Waals surface area (Å²) in [5.74, 6) is 0.432. The van der Waals surface area contributed by atoms with Crippen molar-refractivity contribution in [2.75, 3.05) is 11.9 Å². The van der Waals surface area contributed by atoms with Crippen molar-refractivity contribution in [1.29, 1.82) is 0 Å². The van der Waals surface area contributed by atoms with Crippen molar-refractivity contribution in [3.63, 3.8) is 0 Å². The van der Waals surface area contributed by atoms with Crippen LogP contribution in [0.2, 0.25) is 0 Å². The van der Waals surface area contributed by atoms with Crippen LogP contribution in [0.3, 0.4) is 0 Å². The molecular formula is C27H29F3N6O3. The lowest BCUT2D eigenvalue weighted by atomic mass is 9.82. The van der Waals surface area contributed by atoms with Crippen molar-refractivity contribution < 1.29 is 27.5 Å². The molecule has 12 heteroatoms. The molecule has 2 aliphatic carbocycles. The number of fused-ring (bicyclic) bond motifs is 3. The average Bonchev–Trinajstić information content (AvgIpc) is 3.43. The molecule has 3 aliphatic rings. The largest absolute Gasteiger partial charge is 0.484 e. The monoisotopic (exact) mass is 542 g/mol. The second-order valence-corrected chi connectivity index (χ2v) is 10.8. The number of rotatable bonds is 7. The van der Waals surface area contributed by atoms with E-state index in [9.17, 15) is 22.8 Å². The highest BCUT2D eigenvalue weighted by Crippen LogP contribution is 2.44. The van der Waals surface area contributed by atoms with Crippen molar-refractivity contribution in [3.05, 3.63) is 58.0 Å². The number of carbonyl (C=O) groups is 2. The molecule has 39 heavy (non-hydrogen) atoms. The molecule has 1 atom stereocenters. The molecule has 0 radical (unpaired) electrons. The molecule has 206 valence electrons. The number of amides is 2. The van der Waals surface area contributed by atoms with Gasteiger partial charge in [0, 0.05) is 20.0 Å². The summed E-state index contributed by atoms with van der Waals surface area (Å²) in [5.41, 5.74) is 2.99.